The van der Waals surface area contributed by atoms with E-state index in [1.165, 1.54) is 26.3 Å². The number of carbonyl (C=O) groups excluding carboxylic acids is 4. The molecular formula is C21H28N2O9. The molecule has 0 aliphatic carbocycles. The molecule has 1 aromatic rings. The SMILES string of the molecule is CC[C@H]1C(=O)OC[C@H](NC(=O)c2nccc(OC)c2O)C(=O)O[C@@H](C)[C@@H]1OC(=O)C(C)C. The second-order valence-electron chi connectivity index (χ2n) is 7.58. The van der Waals surface area contributed by atoms with Crippen molar-refractivity contribution in [1.29, 1.82) is 0 Å². The summed E-state index contributed by atoms with van der Waals surface area (Å²) in [5, 5.41) is 12.5. The summed E-state index contributed by atoms with van der Waals surface area (Å²) in [4.78, 5) is 53.9. The number of nitrogens with one attached hydrogen (secondary N) is 1. The number of hydrogen-bond acceptors (Lipinski definition) is 10. The highest BCUT2D eigenvalue weighted by Crippen LogP contribution is 2.28. The van der Waals surface area contributed by atoms with Crippen molar-refractivity contribution in [3.05, 3.63) is 18.0 Å². The number of carbonyl (C=O) groups is 4. The minimum absolute atomic E-state index is 0.0165. The monoisotopic (exact) mass is 452 g/mol. The van der Waals surface area contributed by atoms with Gasteiger partial charge in [0.15, 0.2) is 29.3 Å². The summed E-state index contributed by atoms with van der Waals surface area (Å²) in [6.45, 7) is 5.97. The van der Waals surface area contributed by atoms with Gasteiger partial charge in [0.2, 0.25) is 0 Å². The Morgan fingerprint density at radius 3 is 2.59 bits per heavy atom. The van der Waals surface area contributed by atoms with Crippen LogP contribution in [-0.2, 0) is 28.6 Å². The van der Waals surface area contributed by atoms with Crippen LogP contribution in [0.15, 0.2) is 12.3 Å². The third-order valence-electron chi connectivity index (χ3n) is 4.93. The number of nitrogens with zero attached hydrogens (tertiary/aromatic N) is 1. The van der Waals surface area contributed by atoms with Gasteiger partial charge in [-0.1, -0.05) is 20.8 Å². The number of esters is 3. The number of amides is 1. The van der Waals surface area contributed by atoms with E-state index < -0.39 is 66.3 Å². The molecule has 2 heterocycles. The highest BCUT2D eigenvalue weighted by Gasteiger charge is 2.41. The largest absolute Gasteiger partial charge is 0.503 e. The molecule has 1 aliphatic heterocycles. The van der Waals surface area contributed by atoms with E-state index in [4.69, 9.17) is 18.9 Å². The Hall–Kier alpha value is -3.37. The molecule has 1 saturated heterocycles. The second-order valence-corrected chi connectivity index (χ2v) is 7.58. The van der Waals surface area contributed by atoms with Gasteiger partial charge >= 0.3 is 17.9 Å². The number of methoxy groups -OCH3 is 1. The molecule has 32 heavy (non-hydrogen) atoms. The summed E-state index contributed by atoms with van der Waals surface area (Å²) in [5.41, 5.74) is -0.383. The molecule has 1 aromatic heterocycles. The van der Waals surface area contributed by atoms with Gasteiger partial charge in [-0.15, -0.1) is 0 Å². The van der Waals surface area contributed by atoms with Crippen LogP contribution in [0.3, 0.4) is 0 Å². The van der Waals surface area contributed by atoms with E-state index in [1.807, 2.05) is 0 Å². The van der Waals surface area contributed by atoms with Crippen LogP contribution in [0.25, 0.3) is 0 Å². The lowest BCUT2D eigenvalue weighted by Crippen LogP contribution is -2.46. The number of pyridine rings is 1. The number of hydrogen-bond donors (Lipinski definition) is 2. The lowest BCUT2D eigenvalue weighted by atomic mass is 9.95. The second kappa shape index (κ2) is 10.8. The van der Waals surface area contributed by atoms with Crippen molar-refractivity contribution in [2.75, 3.05) is 13.7 Å². The maximum absolute atomic E-state index is 12.7. The van der Waals surface area contributed by atoms with Crippen LogP contribution in [0.5, 0.6) is 11.5 Å². The van der Waals surface area contributed by atoms with E-state index in [2.05, 4.69) is 10.3 Å². The average molecular weight is 452 g/mol. The molecule has 2 rings (SSSR count). The van der Waals surface area contributed by atoms with Crippen molar-refractivity contribution in [1.82, 2.24) is 10.3 Å². The van der Waals surface area contributed by atoms with Crippen LogP contribution < -0.4 is 10.1 Å². The summed E-state index contributed by atoms with van der Waals surface area (Å²) in [5.74, 6) is -4.85. The molecule has 1 amide bonds. The van der Waals surface area contributed by atoms with E-state index in [1.54, 1.807) is 20.8 Å². The highest BCUT2D eigenvalue weighted by molar-refractivity contribution is 5.98. The first-order chi connectivity index (χ1) is 15.1. The Bertz CT molecular complexity index is 871. The molecule has 0 radical (unpaired) electrons. The van der Waals surface area contributed by atoms with Crippen LogP contribution in [0, 0.1) is 11.8 Å². The van der Waals surface area contributed by atoms with Crippen LogP contribution in [-0.4, -0.2) is 65.9 Å². The smallest absolute Gasteiger partial charge is 0.332 e. The molecule has 0 bridgehead atoms. The third kappa shape index (κ3) is 5.65. The van der Waals surface area contributed by atoms with E-state index in [0.717, 1.165) is 0 Å². The Morgan fingerprint density at radius 1 is 1.31 bits per heavy atom. The zero-order valence-electron chi connectivity index (χ0n) is 18.6. The molecule has 0 aromatic carbocycles. The van der Waals surface area contributed by atoms with Gasteiger partial charge < -0.3 is 29.4 Å². The fraction of sp³-hybridized carbons (Fsp3) is 0.571. The molecule has 11 heteroatoms. The van der Waals surface area contributed by atoms with Crippen molar-refractivity contribution in [2.24, 2.45) is 11.8 Å². The van der Waals surface area contributed by atoms with Gasteiger partial charge in [0.1, 0.15) is 12.7 Å². The topological polar surface area (TPSA) is 150 Å². The highest BCUT2D eigenvalue weighted by atomic mass is 16.6. The first kappa shape index (κ1) is 24.9. The predicted molar refractivity (Wildman–Crippen MR) is 109 cm³/mol. The summed E-state index contributed by atoms with van der Waals surface area (Å²) >= 11 is 0. The lowest BCUT2D eigenvalue weighted by Gasteiger charge is -2.29. The van der Waals surface area contributed by atoms with Crippen LogP contribution in [0.2, 0.25) is 0 Å². The lowest BCUT2D eigenvalue weighted by molar-refractivity contribution is -0.176. The fourth-order valence-electron chi connectivity index (χ4n) is 3.08. The van der Waals surface area contributed by atoms with Crippen molar-refractivity contribution in [2.45, 2.75) is 52.4 Å². The number of rotatable bonds is 6. The Balaban J connectivity index is 2.25. The van der Waals surface area contributed by atoms with Crippen LogP contribution in [0.4, 0.5) is 0 Å². The molecule has 1 fully saturated rings. The molecule has 11 nitrogen and oxygen atoms in total. The molecular weight excluding hydrogens is 424 g/mol. The molecule has 176 valence electrons. The standard InChI is InChI=1S/C21H28N2O9/c1-6-12-17(32-19(26)10(2)3)11(4)31-21(28)13(9-30-20(12)27)23-18(25)15-16(24)14(29-5)7-8-22-15/h7-8,10-13,17,24H,6,9H2,1-5H3,(H,23,25)/t11-,12+,13-,17-/m0/s1. The summed E-state index contributed by atoms with van der Waals surface area (Å²) < 4.78 is 21.0. The van der Waals surface area contributed by atoms with Gasteiger partial charge in [-0.3, -0.25) is 14.4 Å². The van der Waals surface area contributed by atoms with Crippen molar-refractivity contribution < 1.29 is 43.2 Å². The van der Waals surface area contributed by atoms with Gasteiger partial charge in [0.25, 0.3) is 5.91 Å². The van der Waals surface area contributed by atoms with E-state index >= 15 is 0 Å². The number of cyclic esters (lactones) is 2. The Kier molecular flexibility index (Phi) is 8.39. The van der Waals surface area contributed by atoms with E-state index in [9.17, 15) is 24.3 Å². The normalized spacial score (nSPS) is 23.8. The van der Waals surface area contributed by atoms with Crippen molar-refractivity contribution in [3.63, 3.8) is 0 Å². The van der Waals surface area contributed by atoms with Crippen molar-refractivity contribution in [3.8, 4) is 11.5 Å². The fourth-order valence-corrected chi connectivity index (χ4v) is 3.08. The molecule has 4 atom stereocenters. The first-order valence-electron chi connectivity index (χ1n) is 10.2. The van der Waals surface area contributed by atoms with Gasteiger partial charge in [0.05, 0.1) is 18.9 Å². The number of aromatic hydroxyl groups is 1. The Morgan fingerprint density at radius 2 is 2.00 bits per heavy atom. The van der Waals surface area contributed by atoms with E-state index in [0.29, 0.717) is 0 Å². The summed E-state index contributed by atoms with van der Waals surface area (Å²) in [6.07, 6.45) is -0.514. The molecule has 0 saturated carbocycles. The molecule has 2 N–H and O–H groups in total. The summed E-state index contributed by atoms with van der Waals surface area (Å²) in [7, 11) is 1.31. The van der Waals surface area contributed by atoms with E-state index in [-0.39, 0.29) is 17.9 Å². The Labute approximate surface area is 185 Å². The maximum atomic E-state index is 12.7. The van der Waals surface area contributed by atoms with Gasteiger partial charge in [-0.05, 0) is 13.3 Å². The van der Waals surface area contributed by atoms with Gasteiger partial charge in [0, 0.05) is 12.3 Å². The number of aromatic nitrogens is 1. The molecule has 0 unspecified atom stereocenters. The zero-order valence-corrected chi connectivity index (χ0v) is 18.6. The average Bonchev–Trinajstić information content (AvgIpc) is 2.78. The summed E-state index contributed by atoms with van der Waals surface area (Å²) in [6, 6.07) is -0.0221. The minimum Gasteiger partial charge on any atom is -0.503 e. The molecule has 0 spiro atoms. The zero-order chi connectivity index (χ0) is 24.0. The maximum Gasteiger partial charge on any atom is 0.332 e. The quantitative estimate of drug-likeness (QED) is 0.472. The van der Waals surface area contributed by atoms with Crippen LogP contribution >= 0.6 is 0 Å². The predicted octanol–water partition coefficient (Wildman–Crippen LogP) is 0.977. The number of ether oxygens (including phenoxy) is 4. The van der Waals surface area contributed by atoms with Gasteiger partial charge in [-0.25, -0.2) is 9.78 Å². The minimum atomic E-state index is -1.38. The third-order valence-corrected chi connectivity index (χ3v) is 4.93. The van der Waals surface area contributed by atoms with Crippen molar-refractivity contribution >= 4 is 23.8 Å². The first-order valence-corrected chi connectivity index (χ1v) is 10.2. The molecule has 1 aliphatic rings. The van der Waals surface area contributed by atoms with Crippen LogP contribution in [0.1, 0.15) is 44.6 Å². The van der Waals surface area contributed by atoms with Gasteiger partial charge in [-0.2, -0.15) is 0 Å².